The van der Waals surface area contributed by atoms with Gasteiger partial charge in [-0.3, -0.25) is 14.4 Å². The maximum atomic E-state index is 13.8. The molecule has 0 aromatic heterocycles. The minimum Gasteiger partial charge on any atom is -0.504 e. The Labute approximate surface area is 410 Å². The number of carbonyl (C=O) groups is 2. The van der Waals surface area contributed by atoms with E-state index < -0.39 is 165 Å². The highest BCUT2D eigenvalue weighted by Gasteiger charge is 2.49. The monoisotopic (exact) mass is 1040 g/mol. The SMILES string of the molecule is COc1cc(C=CC(=[OH+])OC[C@H]2O[C@@H](Oc3cc4oc(-c5ccc(O)c(O[C@@H]6O[C@H](CO)[C@@H](O)[C@H](O)[C@H]6O)c5)c(O[C@@H]5O[C@H](COC(=O)CC(=O)O)[C@@H](O)[C@H](O)[C@H]5O)cc-4c(=O)c3)[C@H](O)[C@@H](O)[C@@H]2O)ccc1O. The molecule has 73 heavy (non-hydrogen) atoms. The average molecular weight is 1040 g/mol. The number of aliphatic hydroxyl groups is 10. The van der Waals surface area contributed by atoms with Gasteiger partial charge in [0, 0.05) is 17.7 Å². The second kappa shape index (κ2) is 23.0. The Balaban J connectivity index is 1.19. The first-order valence-corrected chi connectivity index (χ1v) is 21.9. The van der Waals surface area contributed by atoms with Gasteiger partial charge >= 0.3 is 17.9 Å². The van der Waals surface area contributed by atoms with Crippen LogP contribution in [0, 0.1) is 0 Å². The van der Waals surface area contributed by atoms with Crippen molar-refractivity contribution in [3.63, 3.8) is 0 Å². The van der Waals surface area contributed by atoms with Crippen LogP contribution in [0.3, 0.4) is 0 Å². The molecule has 396 valence electrons. The van der Waals surface area contributed by atoms with Gasteiger partial charge in [0.25, 0.3) is 0 Å². The number of hydrogen-bond acceptors (Lipinski definition) is 25. The van der Waals surface area contributed by atoms with Crippen LogP contribution in [0.1, 0.15) is 12.0 Å². The summed E-state index contributed by atoms with van der Waals surface area (Å²) in [5.74, 6) is -6.06. The summed E-state index contributed by atoms with van der Waals surface area (Å²) in [6, 6.07) is 10.7. The lowest BCUT2D eigenvalue weighted by Gasteiger charge is -2.40. The van der Waals surface area contributed by atoms with Crippen molar-refractivity contribution in [2.75, 3.05) is 26.9 Å². The number of benzene rings is 3. The molecule has 3 fully saturated rings. The Hall–Kier alpha value is -6.70. The molecule has 3 saturated heterocycles. The molecule has 27 nitrogen and oxygen atoms in total. The predicted molar refractivity (Wildman–Crippen MR) is 238 cm³/mol. The van der Waals surface area contributed by atoms with Crippen molar-refractivity contribution < 1.29 is 128 Å². The molecule has 1 aliphatic carbocycles. The van der Waals surface area contributed by atoms with Crippen LogP contribution in [-0.2, 0) is 33.3 Å². The second-order valence-electron chi connectivity index (χ2n) is 16.7. The van der Waals surface area contributed by atoms with Gasteiger partial charge in [-0.1, -0.05) is 6.07 Å². The topological polar surface area (TPSA) is 432 Å². The van der Waals surface area contributed by atoms with Crippen molar-refractivity contribution in [3.8, 4) is 57.1 Å². The molecule has 0 bridgehead atoms. The minimum atomic E-state index is -2.07. The third-order valence-electron chi connectivity index (χ3n) is 11.7. The van der Waals surface area contributed by atoms with Gasteiger partial charge < -0.3 is 118 Å². The van der Waals surface area contributed by atoms with Gasteiger partial charge in [-0.15, -0.1) is 0 Å². The molecule has 4 heterocycles. The number of ether oxygens (including phenoxy) is 9. The number of phenolic OH excluding ortho intramolecular Hbond substituents is 2. The van der Waals surface area contributed by atoms with Crippen LogP contribution >= 0.6 is 0 Å². The van der Waals surface area contributed by atoms with Gasteiger partial charge in [-0.05, 0) is 48.0 Å². The number of esters is 2. The maximum absolute atomic E-state index is 13.8. The van der Waals surface area contributed by atoms with Crippen LogP contribution in [-0.4, -0.2) is 208 Å². The van der Waals surface area contributed by atoms with Gasteiger partial charge in [0.2, 0.25) is 25.5 Å². The van der Waals surface area contributed by atoms with E-state index in [1.54, 1.807) is 0 Å². The van der Waals surface area contributed by atoms with Crippen LogP contribution in [0.4, 0.5) is 0 Å². The zero-order chi connectivity index (χ0) is 53.0. The Morgan fingerprint density at radius 3 is 1.79 bits per heavy atom. The van der Waals surface area contributed by atoms with E-state index in [9.17, 15) is 80.5 Å². The highest BCUT2D eigenvalue weighted by Crippen LogP contribution is 2.43. The van der Waals surface area contributed by atoms with Gasteiger partial charge in [0.15, 0.2) is 46.0 Å². The molecule has 7 rings (SSSR count). The number of phenols is 2. The van der Waals surface area contributed by atoms with Gasteiger partial charge in [0.1, 0.15) is 91.7 Å². The molecule has 2 aromatic rings. The molecular formula is C46H51O27+. The number of aliphatic hydroxyl groups excluding tert-OH is 10. The number of aliphatic carboxylic acids is 1. The van der Waals surface area contributed by atoms with Gasteiger partial charge in [0.05, 0.1) is 25.4 Å². The molecule has 0 saturated carbocycles. The molecule has 0 spiro atoms. The van der Waals surface area contributed by atoms with E-state index in [0.717, 1.165) is 36.4 Å². The third-order valence-corrected chi connectivity index (χ3v) is 11.7. The fourth-order valence-corrected chi connectivity index (χ4v) is 7.65. The second-order valence-corrected chi connectivity index (χ2v) is 16.7. The molecule has 5 aliphatic rings. The molecule has 2 aromatic carbocycles. The first-order valence-electron chi connectivity index (χ1n) is 21.9. The smallest absolute Gasteiger partial charge is 0.504 e. The average Bonchev–Trinajstić information content (AvgIpc) is 3.36. The summed E-state index contributed by atoms with van der Waals surface area (Å²) in [5, 5.41) is 135. The largest absolute Gasteiger partial charge is 0.510 e. The molecule has 0 radical (unpaired) electrons. The number of carboxylic acids is 1. The minimum absolute atomic E-state index is 0.109. The summed E-state index contributed by atoms with van der Waals surface area (Å²) >= 11 is 0. The van der Waals surface area contributed by atoms with Crippen LogP contribution in [0.2, 0.25) is 0 Å². The zero-order valence-corrected chi connectivity index (χ0v) is 37.9. The Morgan fingerprint density at radius 1 is 0.644 bits per heavy atom. The van der Waals surface area contributed by atoms with Crippen molar-refractivity contribution in [1.82, 2.24) is 0 Å². The molecule has 0 amide bonds. The number of carbonyl (C=O) groups excluding carboxylic acids is 2. The van der Waals surface area contributed by atoms with E-state index in [4.69, 9.17) is 52.2 Å². The summed E-state index contributed by atoms with van der Waals surface area (Å²) in [6.07, 6.45) is -26.0. The van der Waals surface area contributed by atoms with Crippen molar-refractivity contribution in [1.29, 1.82) is 0 Å². The van der Waals surface area contributed by atoms with E-state index in [-0.39, 0.29) is 34.1 Å². The molecule has 27 heteroatoms. The number of carboxylic acid groups (broad SMARTS) is 1. The maximum Gasteiger partial charge on any atom is 0.510 e. The fraction of sp³-hybridized carbons (Fsp3) is 0.435. The van der Waals surface area contributed by atoms with Crippen LogP contribution in [0.5, 0.6) is 34.5 Å². The molecule has 4 aliphatic heterocycles. The summed E-state index contributed by atoms with van der Waals surface area (Å²) in [4.78, 5) is 47.2. The normalized spacial score (nSPS) is 30.4. The highest BCUT2D eigenvalue weighted by atomic mass is 16.7. The molecular weight excluding hydrogens is 984 g/mol. The number of methoxy groups -OCH3 is 1. The Kier molecular flexibility index (Phi) is 17.1. The van der Waals surface area contributed by atoms with E-state index in [2.05, 4.69) is 0 Å². The highest BCUT2D eigenvalue weighted by molar-refractivity contribution is 5.90. The van der Waals surface area contributed by atoms with Crippen LogP contribution in [0.15, 0.2) is 69.9 Å². The van der Waals surface area contributed by atoms with Crippen molar-refractivity contribution in [3.05, 3.63) is 76.5 Å². The lowest BCUT2D eigenvalue weighted by Crippen LogP contribution is -2.60. The molecule has 0 unspecified atom stereocenters. The standard InChI is InChI=1S/C46H50O27/c1-64-25-8-17(2-5-21(25)48)3-7-32(53)65-15-29-35(56)38(59)40(61)44(72-29)67-19-10-23(50)20-12-27(70-46-42(63)39(60)36(57)30(73-46)16-66-33(54)13-31(51)52)43(68-24(20)11-19)18-4-6-22(49)26(9-18)69-45-41(62)37(58)34(55)28(14-47)71-45/h2-12,28-30,34-42,44-49,55-63H,13-16H2,1H3,(H,51,52)/p+1/t28-,29-,30-,34-,35-,36-,37+,38+,39+,40-,41-,42-,44-,45-,46-/m1/s1. The van der Waals surface area contributed by atoms with Gasteiger partial charge in [-0.25, -0.2) is 0 Å². The number of rotatable bonds is 17. The van der Waals surface area contributed by atoms with Crippen LogP contribution < -0.4 is 24.4 Å². The lowest BCUT2D eigenvalue weighted by atomic mass is 9.99. The van der Waals surface area contributed by atoms with Crippen molar-refractivity contribution in [2.24, 2.45) is 0 Å². The van der Waals surface area contributed by atoms with E-state index >= 15 is 0 Å². The van der Waals surface area contributed by atoms with Gasteiger partial charge in [-0.2, -0.15) is 0 Å². The van der Waals surface area contributed by atoms with Crippen LogP contribution in [0.25, 0.3) is 28.7 Å². The number of aromatic hydroxyl groups is 2. The number of fused-ring (bicyclic) bond motifs is 1. The number of hydrogen-bond donors (Lipinski definition) is 13. The Bertz CT molecular complexity index is 2650. The summed E-state index contributed by atoms with van der Waals surface area (Å²) in [5.41, 5.74) is -0.789. The first-order chi connectivity index (χ1) is 34.7. The molecule has 14 N–H and O–H groups in total. The van der Waals surface area contributed by atoms with Crippen molar-refractivity contribution in [2.45, 2.75) is 98.5 Å². The summed E-state index contributed by atoms with van der Waals surface area (Å²) in [7, 11) is 1.34. The van der Waals surface area contributed by atoms with E-state index in [1.165, 1.54) is 37.5 Å². The van der Waals surface area contributed by atoms with E-state index in [1.807, 2.05) is 0 Å². The zero-order valence-electron chi connectivity index (χ0n) is 37.9. The molecule has 15 atom stereocenters. The fourth-order valence-electron chi connectivity index (χ4n) is 7.65. The Morgan fingerprint density at radius 2 is 1.19 bits per heavy atom. The lowest BCUT2D eigenvalue weighted by molar-refractivity contribution is -0.278. The van der Waals surface area contributed by atoms with Crippen molar-refractivity contribution >= 4 is 24.0 Å². The predicted octanol–water partition coefficient (Wildman–Crippen LogP) is -3.37. The quantitative estimate of drug-likeness (QED) is 0.0212. The third kappa shape index (κ3) is 12.2. The first kappa shape index (κ1) is 54.1. The summed E-state index contributed by atoms with van der Waals surface area (Å²) < 4.78 is 55.6. The summed E-state index contributed by atoms with van der Waals surface area (Å²) in [6.45, 7) is -2.28. The van der Waals surface area contributed by atoms with E-state index in [0.29, 0.717) is 5.56 Å².